The zero-order valence-corrected chi connectivity index (χ0v) is 12.8. The Balaban J connectivity index is 2.27. The first kappa shape index (κ1) is 15.4. The van der Waals surface area contributed by atoms with Crippen molar-refractivity contribution in [2.45, 2.75) is 25.8 Å². The summed E-state index contributed by atoms with van der Waals surface area (Å²) >= 11 is 6.07. The Labute approximate surface area is 129 Å². The maximum Gasteiger partial charge on any atom is 0.330 e. The topological polar surface area (TPSA) is 49.3 Å². The van der Waals surface area contributed by atoms with Gasteiger partial charge in [0.05, 0.1) is 10.7 Å². The van der Waals surface area contributed by atoms with Crippen LogP contribution in [0, 0.1) is 0 Å². The molecule has 0 radical (unpaired) electrons. The van der Waals surface area contributed by atoms with E-state index in [0.29, 0.717) is 22.2 Å². The number of para-hydroxylation sites is 1. The fraction of sp³-hybridized carbons (Fsp3) is 0.235. The van der Waals surface area contributed by atoms with E-state index in [2.05, 4.69) is 19.2 Å². The number of aliphatic carboxylic acids is 1. The molecule has 0 saturated heterocycles. The van der Waals surface area contributed by atoms with Gasteiger partial charge in [-0.05, 0) is 29.2 Å². The third kappa shape index (κ3) is 3.76. The summed E-state index contributed by atoms with van der Waals surface area (Å²) in [6, 6.07) is 13.9. The van der Waals surface area contributed by atoms with E-state index in [1.807, 2.05) is 30.3 Å². The van der Waals surface area contributed by atoms with Crippen LogP contribution in [-0.4, -0.2) is 11.1 Å². The molecule has 3 nitrogen and oxygen atoms in total. The third-order valence-corrected chi connectivity index (χ3v) is 3.69. The minimum atomic E-state index is -0.938. The second-order valence-corrected chi connectivity index (χ2v) is 5.62. The first-order chi connectivity index (χ1) is 9.99. The van der Waals surface area contributed by atoms with Crippen molar-refractivity contribution in [2.24, 2.45) is 0 Å². The second kappa shape index (κ2) is 6.64. The largest absolute Gasteiger partial charge is 0.479 e. The molecule has 0 saturated carbocycles. The summed E-state index contributed by atoms with van der Waals surface area (Å²) in [6.45, 7) is 4.21. The van der Waals surface area contributed by atoms with Gasteiger partial charge in [0.15, 0.2) is 6.04 Å². The maximum absolute atomic E-state index is 11.5. The molecule has 21 heavy (non-hydrogen) atoms. The highest BCUT2D eigenvalue weighted by molar-refractivity contribution is 6.33. The summed E-state index contributed by atoms with van der Waals surface area (Å²) in [6.07, 6.45) is 0. The molecular weight excluding hydrogens is 286 g/mol. The van der Waals surface area contributed by atoms with Crippen LogP contribution >= 0.6 is 11.6 Å². The van der Waals surface area contributed by atoms with Crippen molar-refractivity contribution in [1.29, 1.82) is 0 Å². The number of hydrogen-bond acceptors (Lipinski definition) is 2. The normalized spacial score (nSPS) is 12.2. The van der Waals surface area contributed by atoms with Gasteiger partial charge in [-0.2, -0.15) is 0 Å². The minimum absolute atomic E-state index is 0.416. The molecule has 2 aromatic carbocycles. The average Bonchev–Trinajstić information content (AvgIpc) is 2.46. The second-order valence-electron chi connectivity index (χ2n) is 5.22. The molecule has 0 aliphatic rings. The molecule has 2 aromatic rings. The lowest BCUT2D eigenvalue weighted by molar-refractivity contribution is -0.138. The third-order valence-electron chi connectivity index (χ3n) is 3.36. The van der Waals surface area contributed by atoms with Crippen LogP contribution in [0.5, 0.6) is 0 Å². The fourth-order valence-electron chi connectivity index (χ4n) is 2.09. The molecule has 0 aliphatic heterocycles. The number of carboxylic acids is 1. The first-order valence-corrected chi connectivity index (χ1v) is 7.20. The quantitative estimate of drug-likeness (QED) is 0.841. The summed E-state index contributed by atoms with van der Waals surface area (Å²) < 4.78 is 0. The van der Waals surface area contributed by atoms with Gasteiger partial charge in [0, 0.05) is 0 Å². The lowest BCUT2D eigenvalue weighted by Gasteiger charge is -2.18. The van der Waals surface area contributed by atoms with Crippen LogP contribution in [0.4, 0.5) is 5.69 Å². The van der Waals surface area contributed by atoms with E-state index in [4.69, 9.17) is 11.6 Å². The van der Waals surface area contributed by atoms with Crippen molar-refractivity contribution >= 4 is 23.3 Å². The SMILES string of the molecule is CC(C)c1ccc(C(Nc2ccccc2Cl)C(=O)O)cc1. The van der Waals surface area contributed by atoms with E-state index in [0.717, 1.165) is 0 Å². The standard InChI is InChI=1S/C17H18ClNO2/c1-11(2)12-7-9-13(10-8-12)16(17(20)21)19-15-6-4-3-5-14(15)18/h3-11,16,19H,1-2H3,(H,20,21). The first-order valence-electron chi connectivity index (χ1n) is 6.82. The molecule has 1 atom stereocenters. The number of carboxylic acid groups (broad SMARTS) is 1. The molecule has 0 spiro atoms. The van der Waals surface area contributed by atoms with E-state index in [-0.39, 0.29) is 0 Å². The highest BCUT2D eigenvalue weighted by Crippen LogP contribution is 2.27. The Bertz CT molecular complexity index is 623. The molecule has 2 rings (SSSR count). The van der Waals surface area contributed by atoms with Gasteiger partial charge in [-0.25, -0.2) is 4.79 Å². The molecule has 1 unspecified atom stereocenters. The lowest BCUT2D eigenvalue weighted by atomic mass is 9.99. The van der Waals surface area contributed by atoms with Gasteiger partial charge in [-0.3, -0.25) is 0 Å². The van der Waals surface area contributed by atoms with Crippen molar-refractivity contribution in [3.8, 4) is 0 Å². The fourth-order valence-corrected chi connectivity index (χ4v) is 2.29. The molecule has 2 N–H and O–H groups in total. The van der Waals surface area contributed by atoms with Gasteiger partial charge in [0.2, 0.25) is 0 Å². The Hall–Kier alpha value is -2.00. The number of halogens is 1. The van der Waals surface area contributed by atoms with Crippen LogP contribution in [0.2, 0.25) is 5.02 Å². The van der Waals surface area contributed by atoms with E-state index in [1.165, 1.54) is 5.56 Å². The van der Waals surface area contributed by atoms with Crippen LogP contribution in [0.15, 0.2) is 48.5 Å². The van der Waals surface area contributed by atoms with Crippen LogP contribution < -0.4 is 5.32 Å². The van der Waals surface area contributed by atoms with Gasteiger partial charge in [-0.1, -0.05) is 61.8 Å². The molecule has 0 heterocycles. The number of nitrogens with one attached hydrogen (secondary N) is 1. The Morgan fingerprint density at radius 3 is 2.14 bits per heavy atom. The van der Waals surface area contributed by atoms with Crippen LogP contribution in [0.3, 0.4) is 0 Å². The smallest absolute Gasteiger partial charge is 0.330 e. The molecule has 4 heteroatoms. The minimum Gasteiger partial charge on any atom is -0.479 e. The predicted molar refractivity (Wildman–Crippen MR) is 86.0 cm³/mol. The molecule has 110 valence electrons. The van der Waals surface area contributed by atoms with Crippen molar-refractivity contribution < 1.29 is 9.90 Å². The van der Waals surface area contributed by atoms with Crippen LogP contribution in [0.1, 0.15) is 36.9 Å². The monoisotopic (exact) mass is 303 g/mol. The zero-order valence-electron chi connectivity index (χ0n) is 12.0. The molecule has 0 bridgehead atoms. The molecule has 0 aromatic heterocycles. The highest BCUT2D eigenvalue weighted by atomic mass is 35.5. The van der Waals surface area contributed by atoms with Gasteiger partial charge in [0.25, 0.3) is 0 Å². The summed E-state index contributed by atoms with van der Waals surface area (Å²) in [5.74, 6) is -0.522. The number of carbonyl (C=O) groups is 1. The van der Waals surface area contributed by atoms with E-state index in [9.17, 15) is 9.90 Å². The van der Waals surface area contributed by atoms with Crippen molar-refractivity contribution in [3.63, 3.8) is 0 Å². The van der Waals surface area contributed by atoms with E-state index >= 15 is 0 Å². The highest BCUT2D eigenvalue weighted by Gasteiger charge is 2.20. The van der Waals surface area contributed by atoms with Crippen molar-refractivity contribution in [1.82, 2.24) is 0 Å². The zero-order chi connectivity index (χ0) is 15.4. The van der Waals surface area contributed by atoms with E-state index in [1.54, 1.807) is 18.2 Å². The van der Waals surface area contributed by atoms with Gasteiger partial charge in [-0.15, -0.1) is 0 Å². The summed E-state index contributed by atoms with van der Waals surface area (Å²) in [5, 5.41) is 12.9. The predicted octanol–water partition coefficient (Wildman–Crippen LogP) is 4.70. The average molecular weight is 304 g/mol. The molecule has 0 fully saturated rings. The number of benzene rings is 2. The van der Waals surface area contributed by atoms with Gasteiger partial charge < -0.3 is 10.4 Å². The Morgan fingerprint density at radius 1 is 1.05 bits per heavy atom. The molecule has 0 amide bonds. The molecular formula is C17H18ClNO2. The van der Waals surface area contributed by atoms with Gasteiger partial charge >= 0.3 is 5.97 Å². The number of hydrogen-bond donors (Lipinski definition) is 2. The van der Waals surface area contributed by atoms with Crippen LogP contribution in [0.25, 0.3) is 0 Å². The van der Waals surface area contributed by atoms with E-state index < -0.39 is 12.0 Å². The number of rotatable bonds is 5. The van der Waals surface area contributed by atoms with Crippen molar-refractivity contribution in [3.05, 3.63) is 64.7 Å². The maximum atomic E-state index is 11.5. The van der Waals surface area contributed by atoms with Crippen molar-refractivity contribution in [2.75, 3.05) is 5.32 Å². The summed E-state index contributed by atoms with van der Waals surface area (Å²) in [5.41, 5.74) is 2.49. The molecule has 0 aliphatic carbocycles. The Kier molecular flexibility index (Phi) is 4.86. The Morgan fingerprint density at radius 2 is 1.62 bits per heavy atom. The van der Waals surface area contributed by atoms with Crippen LogP contribution in [-0.2, 0) is 4.79 Å². The summed E-state index contributed by atoms with van der Waals surface area (Å²) in [4.78, 5) is 11.5. The number of anilines is 1. The van der Waals surface area contributed by atoms with Gasteiger partial charge in [0.1, 0.15) is 0 Å². The lowest BCUT2D eigenvalue weighted by Crippen LogP contribution is -2.20. The summed E-state index contributed by atoms with van der Waals surface area (Å²) in [7, 11) is 0.